The molecule has 1 aliphatic rings. The Morgan fingerprint density at radius 3 is 2.73 bits per heavy atom. The van der Waals surface area contributed by atoms with Crippen molar-refractivity contribution in [2.45, 2.75) is 49.8 Å². The molecule has 0 aromatic carbocycles. The Morgan fingerprint density at radius 2 is 2.08 bits per heavy atom. The third-order valence-corrected chi connectivity index (χ3v) is 6.03. The molecule has 2 aromatic heterocycles. The maximum absolute atomic E-state index is 12.2. The van der Waals surface area contributed by atoms with Gasteiger partial charge in [0.25, 0.3) is 0 Å². The van der Waals surface area contributed by atoms with Crippen molar-refractivity contribution in [3.05, 3.63) is 11.8 Å². The minimum atomic E-state index is -0.0486. The molecule has 0 unspecified atom stereocenters. The van der Waals surface area contributed by atoms with E-state index in [4.69, 9.17) is 4.42 Å². The molecule has 1 aliphatic heterocycles. The Kier molecular flexibility index (Phi) is 6.60. The Balaban J connectivity index is 1.44. The van der Waals surface area contributed by atoms with Crippen LogP contribution in [0.1, 0.15) is 57.2 Å². The summed E-state index contributed by atoms with van der Waals surface area (Å²) in [4.78, 5) is 14.4. The monoisotopic (exact) mass is 396 g/mol. The second kappa shape index (κ2) is 8.92. The first-order valence-corrected chi connectivity index (χ1v) is 10.7. The van der Waals surface area contributed by atoms with Crippen LogP contribution in [-0.2, 0) is 4.79 Å². The largest absolute Gasteiger partial charge is 0.425 e. The fourth-order valence-corrected chi connectivity index (χ4v) is 4.45. The Labute approximate surface area is 161 Å². The molecular weight excluding hydrogens is 372 g/mol. The standard InChI is InChI=1S/C16H24N6O2S2/c1-4-25-16-21-20-15(26-16)17-12(23)9-22-7-5-11(6-8-22)14-19-18-13(24-14)10(2)3/h10-11H,4-9H2,1-3H3,(H,17,20,23). The summed E-state index contributed by atoms with van der Waals surface area (Å²) >= 11 is 3.04. The molecule has 3 heterocycles. The first-order chi connectivity index (χ1) is 12.5. The van der Waals surface area contributed by atoms with Crippen LogP contribution in [0.2, 0.25) is 0 Å². The highest BCUT2D eigenvalue weighted by molar-refractivity contribution is 8.01. The fraction of sp³-hybridized carbons (Fsp3) is 0.688. The van der Waals surface area contributed by atoms with Crippen molar-refractivity contribution in [1.82, 2.24) is 25.3 Å². The molecule has 142 valence electrons. The number of thioether (sulfide) groups is 1. The van der Waals surface area contributed by atoms with Crippen LogP contribution in [0.25, 0.3) is 0 Å². The summed E-state index contributed by atoms with van der Waals surface area (Å²) < 4.78 is 6.64. The minimum absolute atomic E-state index is 0.0486. The number of nitrogens with one attached hydrogen (secondary N) is 1. The van der Waals surface area contributed by atoms with Crippen LogP contribution < -0.4 is 5.32 Å². The lowest BCUT2D eigenvalue weighted by molar-refractivity contribution is -0.117. The van der Waals surface area contributed by atoms with Crippen molar-refractivity contribution in [3.63, 3.8) is 0 Å². The van der Waals surface area contributed by atoms with E-state index in [9.17, 15) is 4.79 Å². The zero-order chi connectivity index (χ0) is 18.5. The van der Waals surface area contributed by atoms with Crippen LogP contribution in [0.3, 0.4) is 0 Å². The van der Waals surface area contributed by atoms with Crippen molar-refractivity contribution < 1.29 is 9.21 Å². The predicted octanol–water partition coefficient (Wildman–Crippen LogP) is 2.97. The number of hydrogen-bond acceptors (Lipinski definition) is 9. The zero-order valence-electron chi connectivity index (χ0n) is 15.3. The molecule has 0 bridgehead atoms. The van der Waals surface area contributed by atoms with E-state index in [1.165, 1.54) is 11.3 Å². The van der Waals surface area contributed by atoms with E-state index < -0.39 is 0 Å². The molecule has 2 aromatic rings. The summed E-state index contributed by atoms with van der Waals surface area (Å²) in [6.45, 7) is 8.19. The molecule has 0 radical (unpaired) electrons. The van der Waals surface area contributed by atoms with Gasteiger partial charge in [-0.15, -0.1) is 20.4 Å². The molecule has 1 fully saturated rings. The van der Waals surface area contributed by atoms with E-state index >= 15 is 0 Å². The molecule has 26 heavy (non-hydrogen) atoms. The van der Waals surface area contributed by atoms with E-state index in [0.717, 1.165) is 41.9 Å². The van der Waals surface area contributed by atoms with Crippen molar-refractivity contribution in [2.75, 3.05) is 30.7 Å². The van der Waals surface area contributed by atoms with Crippen LogP contribution in [0.15, 0.2) is 8.76 Å². The topological polar surface area (TPSA) is 97.0 Å². The Morgan fingerprint density at radius 1 is 1.31 bits per heavy atom. The molecule has 0 spiro atoms. The van der Waals surface area contributed by atoms with Gasteiger partial charge in [0.15, 0.2) is 4.34 Å². The summed E-state index contributed by atoms with van der Waals surface area (Å²) in [6, 6.07) is 0. The van der Waals surface area contributed by atoms with Crippen molar-refractivity contribution >= 4 is 34.1 Å². The lowest BCUT2D eigenvalue weighted by atomic mass is 9.97. The highest BCUT2D eigenvalue weighted by atomic mass is 32.2. The molecule has 1 amide bonds. The molecular formula is C16H24N6O2S2. The molecule has 0 atom stereocenters. The summed E-state index contributed by atoms with van der Waals surface area (Å²) in [5.41, 5.74) is 0. The van der Waals surface area contributed by atoms with Crippen LogP contribution in [0.5, 0.6) is 0 Å². The minimum Gasteiger partial charge on any atom is -0.425 e. The Hall–Kier alpha value is -1.52. The number of aromatic nitrogens is 4. The van der Waals surface area contributed by atoms with Gasteiger partial charge < -0.3 is 4.42 Å². The van der Waals surface area contributed by atoms with Crippen molar-refractivity contribution in [1.29, 1.82) is 0 Å². The molecule has 0 saturated carbocycles. The van der Waals surface area contributed by atoms with Crippen LogP contribution in [-0.4, -0.2) is 56.6 Å². The van der Waals surface area contributed by atoms with Gasteiger partial charge >= 0.3 is 0 Å². The number of nitrogens with zero attached hydrogens (tertiary/aromatic N) is 5. The number of amides is 1. The summed E-state index contributed by atoms with van der Waals surface area (Å²) in [7, 11) is 0. The highest BCUT2D eigenvalue weighted by Crippen LogP contribution is 2.28. The maximum atomic E-state index is 12.2. The first kappa shape index (κ1) is 19.2. The number of hydrogen-bond donors (Lipinski definition) is 1. The van der Waals surface area contributed by atoms with Gasteiger partial charge in [-0.1, -0.05) is 43.9 Å². The molecule has 0 aliphatic carbocycles. The average molecular weight is 397 g/mol. The summed E-state index contributed by atoms with van der Waals surface area (Å²) in [5, 5.41) is 19.8. The van der Waals surface area contributed by atoms with Crippen LogP contribution in [0, 0.1) is 0 Å². The molecule has 8 nitrogen and oxygen atoms in total. The number of anilines is 1. The first-order valence-electron chi connectivity index (χ1n) is 8.87. The lowest BCUT2D eigenvalue weighted by Gasteiger charge is -2.29. The zero-order valence-corrected chi connectivity index (χ0v) is 16.9. The normalized spacial score (nSPS) is 16.3. The molecule has 3 rings (SSSR count). The SMILES string of the molecule is CCSc1nnc(NC(=O)CN2CCC(c3nnc(C(C)C)o3)CC2)s1. The van der Waals surface area contributed by atoms with Gasteiger partial charge in [-0.25, -0.2) is 0 Å². The summed E-state index contributed by atoms with van der Waals surface area (Å²) in [6.07, 6.45) is 1.84. The third kappa shape index (κ3) is 5.01. The number of carbonyl (C=O) groups excluding carboxylic acids is 1. The van der Waals surface area contributed by atoms with Gasteiger partial charge in [0.2, 0.25) is 22.8 Å². The second-order valence-corrected chi connectivity index (χ2v) is 9.03. The van der Waals surface area contributed by atoms with Gasteiger partial charge in [0.1, 0.15) is 0 Å². The Bertz CT molecular complexity index is 724. The lowest BCUT2D eigenvalue weighted by Crippen LogP contribution is -2.38. The number of carbonyl (C=O) groups is 1. The van der Waals surface area contributed by atoms with E-state index in [2.05, 4.69) is 37.5 Å². The fourth-order valence-electron chi connectivity index (χ4n) is 2.79. The summed E-state index contributed by atoms with van der Waals surface area (Å²) in [5.74, 6) is 2.85. The van der Waals surface area contributed by atoms with Gasteiger partial charge in [0.05, 0.1) is 6.54 Å². The van der Waals surface area contributed by atoms with E-state index in [1.807, 2.05) is 13.8 Å². The van der Waals surface area contributed by atoms with Gasteiger partial charge in [-0.2, -0.15) is 0 Å². The maximum Gasteiger partial charge on any atom is 0.240 e. The van der Waals surface area contributed by atoms with Gasteiger partial charge in [0, 0.05) is 11.8 Å². The average Bonchev–Trinajstić information content (AvgIpc) is 3.26. The number of piperidine rings is 1. The number of likely N-dealkylation sites (tertiary alicyclic amines) is 1. The highest BCUT2D eigenvalue weighted by Gasteiger charge is 2.26. The van der Waals surface area contributed by atoms with Gasteiger partial charge in [-0.3, -0.25) is 15.0 Å². The van der Waals surface area contributed by atoms with E-state index in [-0.39, 0.29) is 17.7 Å². The quantitative estimate of drug-likeness (QED) is 0.563. The van der Waals surface area contributed by atoms with E-state index in [0.29, 0.717) is 17.6 Å². The third-order valence-electron chi connectivity index (χ3n) is 4.17. The molecule has 1 saturated heterocycles. The smallest absolute Gasteiger partial charge is 0.240 e. The van der Waals surface area contributed by atoms with Crippen LogP contribution >= 0.6 is 23.1 Å². The van der Waals surface area contributed by atoms with Crippen LogP contribution in [0.4, 0.5) is 5.13 Å². The number of rotatable bonds is 7. The van der Waals surface area contributed by atoms with Crippen molar-refractivity contribution in [2.24, 2.45) is 0 Å². The second-order valence-electron chi connectivity index (χ2n) is 6.54. The molecule has 10 heteroatoms. The van der Waals surface area contributed by atoms with E-state index in [1.54, 1.807) is 11.8 Å². The molecule has 1 N–H and O–H groups in total. The van der Waals surface area contributed by atoms with Crippen molar-refractivity contribution in [3.8, 4) is 0 Å². The van der Waals surface area contributed by atoms with Gasteiger partial charge in [-0.05, 0) is 31.7 Å². The predicted molar refractivity (Wildman–Crippen MR) is 102 cm³/mol.